The quantitative estimate of drug-likeness (QED) is 0.664. The number of amides is 1. The van der Waals surface area contributed by atoms with Crippen molar-refractivity contribution in [3.63, 3.8) is 0 Å². The minimum Gasteiger partial charge on any atom is -0.377 e. The Labute approximate surface area is 92.6 Å². The summed E-state index contributed by atoms with van der Waals surface area (Å²) in [6.45, 7) is 9.06. The Balaban J connectivity index is 3.82. The van der Waals surface area contributed by atoms with Gasteiger partial charge in [-0.05, 0) is 19.8 Å². The summed E-state index contributed by atoms with van der Waals surface area (Å²) in [5.74, 6) is 0.128. The van der Waals surface area contributed by atoms with E-state index in [0.29, 0.717) is 13.2 Å². The third-order valence-corrected chi connectivity index (χ3v) is 2.57. The smallest absolute Gasteiger partial charge is 0.237 e. The van der Waals surface area contributed by atoms with Gasteiger partial charge in [-0.1, -0.05) is 20.3 Å². The fourth-order valence-corrected chi connectivity index (χ4v) is 1.22. The first-order valence-corrected chi connectivity index (χ1v) is 5.67. The van der Waals surface area contributed by atoms with Crippen LogP contribution in [0.25, 0.3) is 0 Å². The van der Waals surface area contributed by atoms with Crippen molar-refractivity contribution in [3.05, 3.63) is 0 Å². The highest BCUT2D eigenvalue weighted by Crippen LogP contribution is 2.04. The van der Waals surface area contributed by atoms with E-state index in [-0.39, 0.29) is 17.9 Å². The maximum atomic E-state index is 11.6. The second-order valence-electron chi connectivity index (χ2n) is 3.92. The van der Waals surface area contributed by atoms with Gasteiger partial charge in [0.15, 0.2) is 0 Å². The molecule has 1 amide bonds. The van der Waals surface area contributed by atoms with Crippen LogP contribution in [-0.4, -0.2) is 31.2 Å². The summed E-state index contributed by atoms with van der Waals surface area (Å²) < 4.78 is 5.30. The number of nitrogens with one attached hydrogen (secondary N) is 1. The van der Waals surface area contributed by atoms with Crippen LogP contribution in [0.4, 0.5) is 0 Å². The molecular weight excluding hydrogens is 192 g/mol. The molecular formula is C11H24N2O2. The van der Waals surface area contributed by atoms with Gasteiger partial charge in [0.25, 0.3) is 0 Å². The van der Waals surface area contributed by atoms with E-state index in [1.807, 2.05) is 27.7 Å². The third-order valence-electron chi connectivity index (χ3n) is 2.57. The predicted molar refractivity (Wildman–Crippen MR) is 61.5 cm³/mol. The summed E-state index contributed by atoms with van der Waals surface area (Å²) >= 11 is 0. The second-order valence-corrected chi connectivity index (χ2v) is 3.92. The van der Waals surface area contributed by atoms with E-state index in [9.17, 15) is 4.79 Å². The Morgan fingerprint density at radius 3 is 2.47 bits per heavy atom. The highest BCUT2D eigenvalue weighted by atomic mass is 16.5. The molecule has 4 heteroatoms. The number of carbonyl (C=O) groups excluding carboxylic acids is 1. The van der Waals surface area contributed by atoms with Crippen LogP contribution in [-0.2, 0) is 9.53 Å². The van der Waals surface area contributed by atoms with Gasteiger partial charge in [-0.15, -0.1) is 0 Å². The molecule has 3 atom stereocenters. The average Bonchev–Trinajstić information content (AvgIpc) is 2.24. The molecule has 0 bridgehead atoms. The van der Waals surface area contributed by atoms with Crippen LogP contribution < -0.4 is 11.1 Å². The van der Waals surface area contributed by atoms with Gasteiger partial charge in [-0.25, -0.2) is 0 Å². The van der Waals surface area contributed by atoms with E-state index in [0.717, 1.165) is 6.42 Å². The van der Waals surface area contributed by atoms with Gasteiger partial charge in [0, 0.05) is 13.2 Å². The summed E-state index contributed by atoms with van der Waals surface area (Å²) in [6.07, 6.45) is 0.957. The molecule has 0 heterocycles. The van der Waals surface area contributed by atoms with E-state index >= 15 is 0 Å². The van der Waals surface area contributed by atoms with E-state index in [1.165, 1.54) is 0 Å². The Bertz CT molecular complexity index is 185. The first-order valence-electron chi connectivity index (χ1n) is 5.67. The number of hydrogen-bond acceptors (Lipinski definition) is 3. The highest BCUT2D eigenvalue weighted by Gasteiger charge is 2.19. The summed E-state index contributed by atoms with van der Waals surface area (Å²) in [7, 11) is 0. The molecule has 90 valence electrons. The number of hydrogen-bond donors (Lipinski definition) is 2. The molecule has 15 heavy (non-hydrogen) atoms. The molecule has 0 aromatic carbocycles. The third kappa shape index (κ3) is 5.74. The van der Waals surface area contributed by atoms with E-state index < -0.39 is 6.04 Å². The SMILES string of the molecule is CCOC(C)CNC(=O)[C@@H](N)[C@@H](C)CC. The average molecular weight is 216 g/mol. The first-order chi connectivity index (χ1) is 7.02. The van der Waals surface area contributed by atoms with Crippen molar-refractivity contribution in [3.8, 4) is 0 Å². The van der Waals surface area contributed by atoms with Gasteiger partial charge in [-0.2, -0.15) is 0 Å². The fourth-order valence-electron chi connectivity index (χ4n) is 1.22. The van der Waals surface area contributed by atoms with E-state index in [2.05, 4.69) is 5.32 Å². The van der Waals surface area contributed by atoms with Crippen LogP contribution in [0.3, 0.4) is 0 Å². The molecule has 0 spiro atoms. The Morgan fingerprint density at radius 1 is 1.40 bits per heavy atom. The number of carbonyl (C=O) groups is 1. The maximum Gasteiger partial charge on any atom is 0.237 e. The van der Waals surface area contributed by atoms with E-state index in [4.69, 9.17) is 10.5 Å². The van der Waals surface area contributed by atoms with Crippen LogP contribution >= 0.6 is 0 Å². The lowest BCUT2D eigenvalue weighted by Crippen LogP contribution is -2.46. The van der Waals surface area contributed by atoms with Crippen LogP contribution in [0.15, 0.2) is 0 Å². The van der Waals surface area contributed by atoms with Crippen LogP contribution in [0.5, 0.6) is 0 Å². The van der Waals surface area contributed by atoms with Crippen molar-refractivity contribution < 1.29 is 9.53 Å². The molecule has 4 nitrogen and oxygen atoms in total. The number of ether oxygens (including phenoxy) is 1. The van der Waals surface area contributed by atoms with Crippen molar-refractivity contribution in [2.45, 2.75) is 46.3 Å². The van der Waals surface area contributed by atoms with Crippen molar-refractivity contribution in [2.24, 2.45) is 11.7 Å². The number of rotatable bonds is 7. The van der Waals surface area contributed by atoms with Crippen LogP contribution in [0, 0.1) is 5.92 Å². The lowest BCUT2D eigenvalue weighted by molar-refractivity contribution is -0.124. The maximum absolute atomic E-state index is 11.6. The zero-order valence-electron chi connectivity index (χ0n) is 10.2. The van der Waals surface area contributed by atoms with Gasteiger partial charge in [0.1, 0.15) is 0 Å². The zero-order chi connectivity index (χ0) is 11.8. The van der Waals surface area contributed by atoms with Crippen LogP contribution in [0.1, 0.15) is 34.1 Å². The summed E-state index contributed by atoms with van der Waals surface area (Å²) in [5.41, 5.74) is 5.78. The Kier molecular flexibility index (Phi) is 7.34. The van der Waals surface area contributed by atoms with Crippen molar-refractivity contribution in [2.75, 3.05) is 13.2 Å². The standard InChI is InChI=1S/C11H24N2O2/c1-5-8(3)10(12)11(14)13-7-9(4)15-6-2/h8-10H,5-7,12H2,1-4H3,(H,13,14)/t8-,9?,10-/m0/s1. The molecule has 3 N–H and O–H groups in total. The Morgan fingerprint density at radius 2 is 2.00 bits per heavy atom. The monoisotopic (exact) mass is 216 g/mol. The molecule has 1 unspecified atom stereocenters. The molecule has 0 radical (unpaired) electrons. The van der Waals surface area contributed by atoms with Gasteiger partial charge in [0.05, 0.1) is 12.1 Å². The summed E-state index contributed by atoms with van der Waals surface area (Å²) in [6, 6.07) is -0.413. The van der Waals surface area contributed by atoms with Crippen molar-refractivity contribution in [1.29, 1.82) is 0 Å². The summed E-state index contributed by atoms with van der Waals surface area (Å²) in [5, 5.41) is 2.79. The summed E-state index contributed by atoms with van der Waals surface area (Å²) in [4.78, 5) is 11.6. The van der Waals surface area contributed by atoms with Gasteiger partial charge < -0.3 is 15.8 Å². The first kappa shape index (κ1) is 14.4. The second kappa shape index (κ2) is 7.65. The minimum absolute atomic E-state index is 0.0445. The molecule has 0 aromatic heterocycles. The Hall–Kier alpha value is -0.610. The lowest BCUT2D eigenvalue weighted by Gasteiger charge is -2.19. The van der Waals surface area contributed by atoms with Crippen molar-refractivity contribution >= 4 is 5.91 Å². The van der Waals surface area contributed by atoms with Gasteiger partial charge in [-0.3, -0.25) is 4.79 Å². The lowest BCUT2D eigenvalue weighted by atomic mass is 9.99. The van der Waals surface area contributed by atoms with Crippen molar-refractivity contribution in [1.82, 2.24) is 5.32 Å². The van der Waals surface area contributed by atoms with Crippen LogP contribution in [0.2, 0.25) is 0 Å². The molecule has 0 aliphatic heterocycles. The topological polar surface area (TPSA) is 64.3 Å². The molecule has 0 aromatic rings. The molecule has 0 rings (SSSR count). The normalized spacial score (nSPS) is 16.9. The van der Waals surface area contributed by atoms with Gasteiger partial charge in [0.2, 0.25) is 5.91 Å². The predicted octanol–water partition coefficient (Wildman–Crippen LogP) is 0.901. The number of nitrogens with two attached hydrogens (primary N) is 1. The highest BCUT2D eigenvalue weighted by molar-refractivity contribution is 5.81. The fraction of sp³-hybridized carbons (Fsp3) is 0.909. The molecule has 0 saturated heterocycles. The molecule has 0 aliphatic rings. The van der Waals surface area contributed by atoms with E-state index in [1.54, 1.807) is 0 Å². The molecule has 0 fully saturated rings. The molecule has 0 aliphatic carbocycles. The molecule has 0 saturated carbocycles. The largest absolute Gasteiger partial charge is 0.377 e. The zero-order valence-corrected chi connectivity index (χ0v) is 10.2. The minimum atomic E-state index is -0.413. The van der Waals surface area contributed by atoms with Gasteiger partial charge >= 0.3 is 0 Å².